The van der Waals surface area contributed by atoms with Crippen LogP contribution in [0.15, 0.2) is 26.0 Å². The Bertz CT molecular complexity index is 1170. The van der Waals surface area contributed by atoms with Gasteiger partial charge in [0.2, 0.25) is 5.91 Å². The molecule has 0 aliphatic carbocycles. The van der Waals surface area contributed by atoms with Crippen LogP contribution >= 0.6 is 0 Å². The first kappa shape index (κ1) is 20.6. The highest BCUT2D eigenvalue weighted by Crippen LogP contribution is 2.32. The van der Waals surface area contributed by atoms with E-state index in [0.717, 1.165) is 21.9 Å². The zero-order valence-corrected chi connectivity index (χ0v) is 17.2. The molecule has 0 saturated heterocycles. The fraction of sp³-hybridized carbons (Fsp3) is 0.409. The summed E-state index contributed by atoms with van der Waals surface area (Å²) >= 11 is 0. The first-order valence-corrected chi connectivity index (χ1v) is 9.56. The number of carboxylic acid groups (broad SMARTS) is 1. The average molecular weight is 399 g/mol. The van der Waals surface area contributed by atoms with Gasteiger partial charge in [-0.25, -0.2) is 9.59 Å². The number of rotatable bonds is 6. The van der Waals surface area contributed by atoms with Gasteiger partial charge in [-0.3, -0.25) is 4.79 Å². The van der Waals surface area contributed by atoms with E-state index in [9.17, 15) is 19.5 Å². The minimum absolute atomic E-state index is 0.104. The van der Waals surface area contributed by atoms with Crippen LogP contribution in [-0.4, -0.2) is 23.0 Å². The first-order chi connectivity index (χ1) is 13.6. The monoisotopic (exact) mass is 399 g/mol. The van der Waals surface area contributed by atoms with Crippen molar-refractivity contribution >= 4 is 33.8 Å². The Morgan fingerprint density at radius 3 is 2.41 bits per heavy atom. The molecule has 0 bridgehead atoms. The molecule has 0 unspecified atom stereocenters. The minimum Gasteiger partial charge on any atom is -0.480 e. The molecule has 1 aromatic carbocycles. The number of aryl methyl sites for hydroxylation is 3. The van der Waals surface area contributed by atoms with E-state index >= 15 is 0 Å². The predicted molar refractivity (Wildman–Crippen MR) is 109 cm³/mol. The van der Waals surface area contributed by atoms with Crippen molar-refractivity contribution in [1.29, 1.82) is 0 Å². The molecule has 2 aromatic heterocycles. The van der Waals surface area contributed by atoms with Gasteiger partial charge >= 0.3 is 11.6 Å². The zero-order chi connectivity index (χ0) is 21.5. The number of nitrogens with one attached hydrogen (secondary N) is 1. The van der Waals surface area contributed by atoms with Gasteiger partial charge in [0.25, 0.3) is 0 Å². The van der Waals surface area contributed by atoms with Crippen molar-refractivity contribution in [3.8, 4) is 0 Å². The summed E-state index contributed by atoms with van der Waals surface area (Å²) < 4.78 is 11.1. The van der Waals surface area contributed by atoms with Crippen molar-refractivity contribution in [2.45, 2.75) is 53.5 Å². The number of carboxylic acids is 1. The Morgan fingerprint density at radius 2 is 1.79 bits per heavy atom. The summed E-state index contributed by atoms with van der Waals surface area (Å²) in [7, 11) is 0. The van der Waals surface area contributed by atoms with Crippen molar-refractivity contribution < 1.29 is 23.5 Å². The molecular weight excluding hydrogens is 374 g/mol. The van der Waals surface area contributed by atoms with E-state index in [1.54, 1.807) is 13.2 Å². The van der Waals surface area contributed by atoms with Crippen molar-refractivity contribution in [3.63, 3.8) is 0 Å². The lowest BCUT2D eigenvalue weighted by atomic mass is 9.98. The molecule has 7 heteroatoms. The standard InChI is InChI=1S/C22H25NO6/c1-10(2)6-17(21(25)26)23-18(24)8-16-12(4)15-7-14-11(3)9-28-19(14)13(5)20(15)29-22(16)27/h7,9-10,17H,6,8H2,1-5H3,(H,23,24)(H,25,26)/t17-/m1/s1. The number of amides is 1. The van der Waals surface area contributed by atoms with Gasteiger partial charge in [0, 0.05) is 16.3 Å². The third-order valence-electron chi connectivity index (χ3n) is 5.21. The average Bonchev–Trinajstić information content (AvgIpc) is 3.00. The van der Waals surface area contributed by atoms with Crippen molar-refractivity contribution in [2.24, 2.45) is 5.92 Å². The van der Waals surface area contributed by atoms with E-state index in [2.05, 4.69) is 5.32 Å². The van der Waals surface area contributed by atoms with E-state index in [4.69, 9.17) is 8.83 Å². The second kappa shape index (κ2) is 7.73. The van der Waals surface area contributed by atoms with Crippen LogP contribution in [0.3, 0.4) is 0 Å². The molecule has 2 N–H and O–H groups in total. The third-order valence-corrected chi connectivity index (χ3v) is 5.21. The number of carbonyl (C=O) groups is 2. The number of hydrogen-bond donors (Lipinski definition) is 2. The Balaban J connectivity index is 2.00. The molecule has 0 fully saturated rings. The van der Waals surface area contributed by atoms with Gasteiger partial charge in [0.1, 0.15) is 17.2 Å². The molecule has 1 atom stereocenters. The predicted octanol–water partition coefficient (Wildman–Crippen LogP) is 3.62. The SMILES string of the molecule is Cc1coc2c(C)c3oc(=O)c(CC(=O)N[C@H](CC(C)C)C(=O)O)c(C)c3cc12. The quantitative estimate of drug-likeness (QED) is 0.613. The molecule has 29 heavy (non-hydrogen) atoms. The summed E-state index contributed by atoms with van der Waals surface area (Å²) in [6.45, 7) is 9.29. The number of carbonyl (C=O) groups excluding carboxylic acids is 1. The lowest BCUT2D eigenvalue weighted by molar-refractivity contribution is -0.142. The van der Waals surface area contributed by atoms with E-state index in [1.807, 2.05) is 33.8 Å². The lowest BCUT2D eigenvalue weighted by Crippen LogP contribution is -2.42. The third kappa shape index (κ3) is 3.90. The van der Waals surface area contributed by atoms with Gasteiger partial charge in [-0.05, 0) is 50.3 Å². The van der Waals surface area contributed by atoms with Crippen LogP contribution in [0.1, 0.15) is 42.5 Å². The van der Waals surface area contributed by atoms with Gasteiger partial charge < -0.3 is 19.3 Å². The van der Waals surface area contributed by atoms with Crippen molar-refractivity contribution in [3.05, 3.63) is 45.0 Å². The summed E-state index contributed by atoms with van der Waals surface area (Å²) in [5.74, 6) is -1.51. The number of benzene rings is 1. The molecule has 0 radical (unpaired) electrons. The van der Waals surface area contributed by atoms with Gasteiger partial charge in [0.05, 0.1) is 18.2 Å². The molecule has 0 saturated carbocycles. The van der Waals surface area contributed by atoms with Gasteiger partial charge in [-0.1, -0.05) is 13.8 Å². The van der Waals surface area contributed by atoms with Crippen LogP contribution in [0.25, 0.3) is 21.9 Å². The largest absolute Gasteiger partial charge is 0.480 e. The molecule has 2 heterocycles. The Morgan fingerprint density at radius 1 is 1.10 bits per heavy atom. The highest BCUT2D eigenvalue weighted by atomic mass is 16.4. The van der Waals surface area contributed by atoms with Gasteiger partial charge in [0.15, 0.2) is 0 Å². The summed E-state index contributed by atoms with van der Waals surface area (Å²) in [4.78, 5) is 36.5. The Hall–Kier alpha value is -3.09. The summed E-state index contributed by atoms with van der Waals surface area (Å²) in [6, 6.07) is 0.903. The van der Waals surface area contributed by atoms with Crippen molar-refractivity contribution in [1.82, 2.24) is 5.32 Å². The molecule has 1 amide bonds. The number of aliphatic carboxylic acids is 1. The molecule has 7 nitrogen and oxygen atoms in total. The number of fused-ring (bicyclic) bond motifs is 2. The molecule has 3 aromatic rings. The maximum Gasteiger partial charge on any atom is 0.340 e. The van der Waals surface area contributed by atoms with Crippen LogP contribution in [0.4, 0.5) is 0 Å². The van der Waals surface area contributed by atoms with Crippen LogP contribution in [0, 0.1) is 26.7 Å². The van der Waals surface area contributed by atoms with E-state index in [0.29, 0.717) is 23.2 Å². The Labute approximate surface area is 167 Å². The van der Waals surface area contributed by atoms with Gasteiger partial charge in [-0.15, -0.1) is 0 Å². The van der Waals surface area contributed by atoms with Crippen molar-refractivity contribution in [2.75, 3.05) is 0 Å². The Kier molecular flexibility index (Phi) is 5.50. The summed E-state index contributed by atoms with van der Waals surface area (Å²) in [5, 5.41) is 13.5. The van der Waals surface area contributed by atoms with Crippen LogP contribution in [0.2, 0.25) is 0 Å². The smallest absolute Gasteiger partial charge is 0.340 e. The molecule has 154 valence electrons. The lowest BCUT2D eigenvalue weighted by Gasteiger charge is -2.17. The summed E-state index contributed by atoms with van der Waals surface area (Å²) in [6.07, 6.45) is 1.72. The topological polar surface area (TPSA) is 110 Å². The molecule has 3 rings (SSSR count). The normalized spacial score (nSPS) is 12.6. The fourth-order valence-corrected chi connectivity index (χ4v) is 3.62. The maximum absolute atomic E-state index is 12.6. The second-order valence-electron chi connectivity index (χ2n) is 7.93. The van der Waals surface area contributed by atoms with Crippen LogP contribution < -0.4 is 10.9 Å². The van der Waals surface area contributed by atoms with Crippen LogP contribution in [-0.2, 0) is 16.0 Å². The van der Waals surface area contributed by atoms with E-state index < -0.39 is 23.5 Å². The second-order valence-corrected chi connectivity index (χ2v) is 7.93. The molecule has 0 spiro atoms. The zero-order valence-electron chi connectivity index (χ0n) is 17.2. The highest BCUT2D eigenvalue weighted by molar-refractivity contribution is 6.00. The fourth-order valence-electron chi connectivity index (χ4n) is 3.62. The number of furan rings is 1. The minimum atomic E-state index is -1.09. The van der Waals surface area contributed by atoms with E-state index in [1.165, 1.54) is 0 Å². The highest BCUT2D eigenvalue weighted by Gasteiger charge is 2.23. The molecule has 0 aliphatic rings. The number of hydrogen-bond acceptors (Lipinski definition) is 5. The molecule has 0 aliphatic heterocycles. The van der Waals surface area contributed by atoms with E-state index in [-0.39, 0.29) is 17.9 Å². The van der Waals surface area contributed by atoms with Crippen LogP contribution in [0.5, 0.6) is 0 Å². The maximum atomic E-state index is 12.6. The van der Waals surface area contributed by atoms with Gasteiger partial charge in [-0.2, -0.15) is 0 Å². The molecular formula is C22H25NO6. The summed E-state index contributed by atoms with van der Waals surface area (Å²) in [5.41, 5.74) is 3.06. The first-order valence-electron chi connectivity index (χ1n) is 9.56.